The maximum atomic E-state index is 12.6. The molecule has 0 spiro atoms. The molecule has 2 rings (SSSR count). The Labute approximate surface area is 152 Å². The van der Waals surface area contributed by atoms with E-state index in [0.717, 1.165) is 11.1 Å². The molecule has 2 aromatic rings. The lowest BCUT2D eigenvalue weighted by atomic mass is 9.83. The van der Waals surface area contributed by atoms with Crippen LogP contribution in [-0.4, -0.2) is 29.4 Å². The van der Waals surface area contributed by atoms with Gasteiger partial charge in [0.2, 0.25) is 11.8 Å². The van der Waals surface area contributed by atoms with E-state index in [-0.39, 0.29) is 18.2 Å². The highest BCUT2D eigenvalue weighted by molar-refractivity contribution is 5.98. The second kappa shape index (κ2) is 8.29. The van der Waals surface area contributed by atoms with Crippen molar-refractivity contribution in [2.75, 3.05) is 11.9 Å². The van der Waals surface area contributed by atoms with E-state index < -0.39 is 17.9 Å². The number of carboxylic acids is 1. The second-order valence-corrected chi connectivity index (χ2v) is 6.49. The lowest BCUT2D eigenvalue weighted by molar-refractivity contribution is -0.137. The van der Waals surface area contributed by atoms with Gasteiger partial charge in [0.1, 0.15) is 6.54 Å². The molecule has 0 aliphatic carbocycles. The zero-order valence-corrected chi connectivity index (χ0v) is 14.8. The third kappa shape index (κ3) is 5.17. The smallest absolute Gasteiger partial charge is 0.322 e. The molecule has 0 atom stereocenters. The maximum absolute atomic E-state index is 12.6. The van der Waals surface area contributed by atoms with Crippen LogP contribution in [0.15, 0.2) is 54.6 Å². The molecule has 136 valence electrons. The minimum atomic E-state index is -1.09. The average Bonchev–Trinajstić information content (AvgIpc) is 2.62. The SMILES string of the molecule is CC(C)(C(=O)Nc1ccc(CC(=O)NCC(=O)O)cc1)c1ccccc1. The molecule has 26 heavy (non-hydrogen) atoms. The lowest BCUT2D eigenvalue weighted by Gasteiger charge is -2.24. The third-order valence-corrected chi connectivity index (χ3v) is 4.08. The zero-order chi connectivity index (χ0) is 19.2. The number of rotatable bonds is 7. The number of hydrogen-bond acceptors (Lipinski definition) is 3. The molecule has 0 saturated heterocycles. The number of benzene rings is 2. The van der Waals surface area contributed by atoms with Crippen LogP contribution in [-0.2, 0) is 26.2 Å². The fourth-order valence-corrected chi connectivity index (χ4v) is 2.40. The van der Waals surface area contributed by atoms with Crippen molar-refractivity contribution in [2.45, 2.75) is 25.7 Å². The Balaban J connectivity index is 1.97. The molecule has 0 aromatic heterocycles. The van der Waals surface area contributed by atoms with E-state index in [1.54, 1.807) is 24.3 Å². The summed E-state index contributed by atoms with van der Waals surface area (Å²) in [5, 5.41) is 13.7. The van der Waals surface area contributed by atoms with Gasteiger partial charge < -0.3 is 15.7 Å². The molecule has 6 heteroatoms. The Hall–Kier alpha value is -3.15. The molecule has 0 unspecified atom stereocenters. The number of anilines is 1. The van der Waals surface area contributed by atoms with Crippen molar-refractivity contribution in [2.24, 2.45) is 0 Å². The van der Waals surface area contributed by atoms with Crippen molar-refractivity contribution in [1.82, 2.24) is 5.32 Å². The molecule has 6 nitrogen and oxygen atoms in total. The maximum Gasteiger partial charge on any atom is 0.322 e. The molecule has 0 aliphatic rings. The standard InChI is InChI=1S/C20H22N2O4/c1-20(2,15-6-4-3-5-7-15)19(26)22-16-10-8-14(9-11-16)12-17(23)21-13-18(24)25/h3-11H,12-13H2,1-2H3,(H,21,23)(H,22,26)(H,24,25). The normalized spacial score (nSPS) is 10.8. The van der Waals surface area contributed by atoms with E-state index in [0.29, 0.717) is 5.69 Å². The molecule has 2 amide bonds. The summed E-state index contributed by atoms with van der Waals surface area (Å²) in [6.07, 6.45) is 0.0804. The summed E-state index contributed by atoms with van der Waals surface area (Å²) in [7, 11) is 0. The van der Waals surface area contributed by atoms with Crippen molar-refractivity contribution in [3.63, 3.8) is 0 Å². The first-order chi connectivity index (χ1) is 12.3. The Kier molecular flexibility index (Phi) is 6.11. The molecular weight excluding hydrogens is 332 g/mol. The van der Waals surface area contributed by atoms with Crippen LogP contribution in [0.4, 0.5) is 5.69 Å². The quantitative estimate of drug-likeness (QED) is 0.711. The summed E-state index contributed by atoms with van der Waals surface area (Å²) in [5.41, 5.74) is 1.60. The number of aliphatic carboxylic acids is 1. The van der Waals surface area contributed by atoms with Gasteiger partial charge in [0.15, 0.2) is 0 Å². The van der Waals surface area contributed by atoms with Gasteiger partial charge in [-0.05, 0) is 37.1 Å². The van der Waals surface area contributed by atoms with Crippen LogP contribution < -0.4 is 10.6 Å². The fourth-order valence-electron chi connectivity index (χ4n) is 2.40. The van der Waals surface area contributed by atoms with Crippen molar-refractivity contribution in [3.8, 4) is 0 Å². The highest BCUT2D eigenvalue weighted by Crippen LogP contribution is 2.25. The Morgan fingerprint density at radius 2 is 1.58 bits per heavy atom. The van der Waals surface area contributed by atoms with Gasteiger partial charge in [0.05, 0.1) is 11.8 Å². The number of nitrogens with one attached hydrogen (secondary N) is 2. The van der Waals surface area contributed by atoms with E-state index in [2.05, 4.69) is 10.6 Å². The summed E-state index contributed by atoms with van der Waals surface area (Å²) in [6, 6.07) is 16.4. The molecule has 0 radical (unpaired) electrons. The average molecular weight is 354 g/mol. The van der Waals surface area contributed by atoms with Gasteiger partial charge in [-0.25, -0.2) is 0 Å². The highest BCUT2D eigenvalue weighted by atomic mass is 16.4. The van der Waals surface area contributed by atoms with Crippen molar-refractivity contribution >= 4 is 23.5 Å². The third-order valence-electron chi connectivity index (χ3n) is 4.08. The molecule has 0 heterocycles. The number of carbonyl (C=O) groups is 3. The summed E-state index contributed by atoms with van der Waals surface area (Å²) in [4.78, 5) is 34.7. The summed E-state index contributed by atoms with van der Waals surface area (Å²) in [6.45, 7) is 3.32. The minimum absolute atomic E-state index is 0.0804. The number of amides is 2. The van der Waals surface area contributed by atoms with E-state index in [1.165, 1.54) is 0 Å². The molecule has 0 fully saturated rings. The zero-order valence-electron chi connectivity index (χ0n) is 14.8. The Morgan fingerprint density at radius 3 is 2.15 bits per heavy atom. The van der Waals surface area contributed by atoms with Crippen LogP contribution >= 0.6 is 0 Å². The highest BCUT2D eigenvalue weighted by Gasteiger charge is 2.29. The van der Waals surface area contributed by atoms with Crippen LogP contribution in [0, 0.1) is 0 Å². The first kappa shape index (κ1) is 19.2. The number of carboxylic acid groups (broad SMARTS) is 1. The first-order valence-electron chi connectivity index (χ1n) is 8.23. The van der Waals surface area contributed by atoms with Crippen LogP contribution in [0.2, 0.25) is 0 Å². The summed E-state index contributed by atoms with van der Waals surface area (Å²) < 4.78 is 0. The Morgan fingerprint density at radius 1 is 0.962 bits per heavy atom. The Bertz CT molecular complexity index is 783. The van der Waals surface area contributed by atoms with Crippen molar-refractivity contribution in [1.29, 1.82) is 0 Å². The number of hydrogen-bond donors (Lipinski definition) is 3. The van der Waals surface area contributed by atoms with E-state index in [4.69, 9.17) is 5.11 Å². The van der Waals surface area contributed by atoms with Gasteiger partial charge in [-0.15, -0.1) is 0 Å². The summed E-state index contributed by atoms with van der Waals surface area (Å²) in [5.74, 6) is -1.58. The monoisotopic (exact) mass is 354 g/mol. The largest absolute Gasteiger partial charge is 0.480 e. The first-order valence-corrected chi connectivity index (χ1v) is 8.23. The molecule has 0 aliphatic heterocycles. The summed E-state index contributed by atoms with van der Waals surface area (Å²) >= 11 is 0. The van der Waals surface area contributed by atoms with Crippen molar-refractivity contribution in [3.05, 3.63) is 65.7 Å². The van der Waals surface area contributed by atoms with E-state index in [1.807, 2.05) is 44.2 Å². The molecule has 3 N–H and O–H groups in total. The van der Waals surface area contributed by atoms with Gasteiger partial charge >= 0.3 is 5.97 Å². The van der Waals surface area contributed by atoms with E-state index in [9.17, 15) is 14.4 Å². The van der Waals surface area contributed by atoms with Crippen LogP contribution in [0.25, 0.3) is 0 Å². The van der Waals surface area contributed by atoms with Gasteiger partial charge in [0, 0.05) is 5.69 Å². The van der Waals surface area contributed by atoms with E-state index >= 15 is 0 Å². The lowest BCUT2D eigenvalue weighted by Crippen LogP contribution is -2.34. The molecule has 2 aromatic carbocycles. The number of carbonyl (C=O) groups excluding carboxylic acids is 2. The van der Waals surface area contributed by atoms with Gasteiger partial charge in [-0.2, -0.15) is 0 Å². The van der Waals surface area contributed by atoms with Crippen LogP contribution in [0.1, 0.15) is 25.0 Å². The molecule has 0 bridgehead atoms. The molecule has 0 saturated carbocycles. The predicted molar refractivity (Wildman–Crippen MR) is 98.9 cm³/mol. The van der Waals surface area contributed by atoms with Gasteiger partial charge in [-0.1, -0.05) is 42.5 Å². The molecular formula is C20H22N2O4. The fraction of sp³-hybridized carbons (Fsp3) is 0.250. The topological polar surface area (TPSA) is 95.5 Å². The minimum Gasteiger partial charge on any atom is -0.480 e. The predicted octanol–water partition coefficient (Wildman–Crippen LogP) is 2.35. The second-order valence-electron chi connectivity index (χ2n) is 6.49. The van der Waals surface area contributed by atoms with Gasteiger partial charge in [-0.3, -0.25) is 14.4 Å². The van der Waals surface area contributed by atoms with Crippen LogP contribution in [0.5, 0.6) is 0 Å². The van der Waals surface area contributed by atoms with Gasteiger partial charge in [0.25, 0.3) is 0 Å². The van der Waals surface area contributed by atoms with Crippen LogP contribution in [0.3, 0.4) is 0 Å². The van der Waals surface area contributed by atoms with Crippen molar-refractivity contribution < 1.29 is 19.5 Å².